The van der Waals surface area contributed by atoms with Gasteiger partial charge in [0.1, 0.15) is 0 Å². The SMILES string of the molecule is COC(=O)CC[C@@H](C)[C@H]1CC[C@H]2[C@@H]3C[C@@](O)(OC4CCCCO4)C4C[C@@](O)(OC5CCCCO5)CC[C@]4(C)[C@H]3CC[C@]12C. The molecule has 0 bridgehead atoms. The summed E-state index contributed by atoms with van der Waals surface area (Å²) >= 11 is 0. The first kappa shape index (κ1) is 32.2. The van der Waals surface area contributed by atoms with Crippen molar-refractivity contribution in [1.82, 2.24) is 0 Å². The molecule has 0 aromatic heterocycles. The lowest BCUT2D eigenvalue weighted by Crippen LogP contribution is -2.66. The zero-order valence-corrected chi connectivity index (χ0v) is 27.2. The van der Waals surface area contributed by atoms with Crippen LogP contribution in [0.5, 0.6) is 0 Å². The highest BCUT2D eigenvalue weighted by molar-refractivity contribution is 5.69. The van der Waals surface area contributed by atoms with Crippen LogP contribution in [-0.2, 0) is 28.5 Å². The number of rotatable bonds is 8. The molecule has 0 radical (unpaired) electrons. The van der Waals surface area contributed by atoms with E-state index < -0.39 is 17.9 Å². The van der Waals surface area contributed by atoms with Crippen molar-refractivity contribution in [3.8, 4) is 0 Å². The van der Waals surface area contributed by atoms with Crippen molar-refractivity contribution < 1.29 is 38.7 Å². The standard InChI is InChI=1S/C35H58O8/c1-23(11-14-29(36)39-4)25-12-13-26-24-21-35(38,43-31-10-6-8-20-41-31)28-22-34(37,42-30-9-5-7-19-40-30)18-17-33(28,3)27(24)15-16-32(25,26)2/h23-28,30-31,37-38H,5-22H2,1-4H3/t23-,24+,25-,26+,27+,28?,30?,31?,32-,33-,34+,35-/m1/s1. The summed E-state index contributed by atoms with van der Waals surface area (Å²) in [6.07, 6.45) is 13.2. The number of fused-ring (bicyclic) bond motifs is 5. The molecule has 8 nitrogen and oxygen atoms in total. The molecule has 8 heteroatoms. The molecule has 2 heterocycles. The van der Waals surface area contributed by atoms with Crippen LogP contribution in [0.25, 0.3) is 0 Å². The van der Waals surface area contributed by atoms with Crippen molar-refractivity contribution in [2.75, 3.05) is 20.3 Å². The number of carbonyl (C=O) groups excluding carboxylic acids is 1. The Bertz CT molecular complexity index is 979. The van der Waals surface area contributed by atoms with Gasteiger partial charge in [-0.3, -0.25) is 4.79 Å². The maximum absolute atomic E-state index is 12.8. The molecule has 0 spiro atoms. The Balaban J connectivity index is 1.26. The van der Waals surface area contributed by atoms with Crippen molar-refractivity contribution in [3.63, 3.8) is 0 Å². The van der Waals surface area contributed by atoms with Gasteiger partial charge in [-0.05, 0) is 117 Å². The van der Waals surface area contributed by atoms with E-state index in [-0.39, 0.29) is 29.0 Å². The highest BCUT2D eigenvalue weighted by Gasteiger charge is 2.68. The van der Waals surface area contributed by atoms with Gasteiger partial charge in [0.25, 0.3) is 0 Å². The lowest BCUT2D eigenvalue weighted by Gasteiger charge is -2.66. The summed E-state index contributed by atoms with van der Waals surface area (Å²) in [5, 5.41) is 24.6. The fourth-order valence-corrected chi connectivity index (χ4v) is 11.2. The number of methoxy groups -OCH3 is 1. The topological polar surface area (TPSA) is 104 Å². The molecule has 4 aliphatic carbocycles. The molecule has 2 aliphatic heterocycles. The fourth-order valence-electron chi connectivity index (χ4n) is 11.2. The Kier molecular flexibility index (Phi) is 9.31. The maximum atomic E-state index is 12.8. The molecule has 12 atom stereocenters. The molecule has 6 aliphatic rings. The fraction of sp³-hybridized carbons (Fsp3) is 0.971. The first-order valence-corrected chi connectivity index (χ1v) is 17.6. The summed E-state index contributed by atoms with van der Waals surface area (Å²) in [5.41, 5.74) is 0.00421. The van der Waals surface area contributed by atoms with Gasteiger partial charge < -0.3 is 33.9 Å². The van der Waals surface area contributed by atoms with Gasteiger partial charge in [0.05, 0.1) is 7.11 Å². The predicted molar refractivity (Wildman–Crippen MR) is 160 cm³/mol. The third-order valence-electron chi connectivity index (χ3n) is 13.5. The van der Waals surface area contributed by atoms with Crippen LogP contribution < -0.4 is 0 Å². The third kappa shape index (κ3) is 6.07. The van der Waals surface area contributed by atoms with E-state index in [4.69, 9.17) is 23.7 Å². The van der Waals surface area contributed by atoms with E-state index in [1.165, 1.54) is 20.0 Å². The predicted octanol–water partition coefficient (Wildman–Crippen LogP) is 6.31. The van der Waals surface area contributed by atoms with Crippen molar-refractivity contribution in [2.24, 2.45) is 46.3 Å². The number of esters is 1. The smallest absolute Gasteiger partial charge is 0.305 e. The normalized spacial score (nSPS) is 48.9. The van der Waals surface area contributed by atoms with E-state index in [0.717, 1.165) is 64.2 Å². The van der Waals surface area contributed by atoms with Gasteiger partial charge >= 0.3 is 5.97 Å². The van der Waals surface area contributed by atoms with Crippen LogP contribution in [0.4, 0.5) is 0 Å². The van der Waals surface area contributed by atoms with Crippen molar-refractivity contribution in [2.45, 2.75) is 148 Å². The Morgan fingerprint density at radius 3 is 2.16 bits per heavy atom. The van der Waals surface area contributed by atoms with Gasteiger partial charge in [-0.1, -0.05) is 20.8 Å². The van der Waals surface area contributed by atoms with E-state index in [1.54, 1.807) is 0 Å². The highest BCUT2D eigenvalue weighted by Crippen LogP contribution is 2.70. The van der Waals surface area contributed by atoms with Crippen LogP contribution in [-0.4, -0.2) is 60.7 Å². The Morgan fingerprint density at radius 2 is 1.51 bits per heavy atom. The zero-order chi connectivity index (χ0) is 30.5. The van der Waals surface area contributed by atoms with Crippen LogP contribution in [0.2, 0.25) is 0 Å². The molecule has 0 aromatic rings. The number of aliphatic hydroxyl groups is 2. The molecule has 0 aromatic carbocycles. The summed E-state index contributed by atoms with van der Waals surface area (Å²) in [5.74, 6) is -0.774. The molecule has 4 saturated carbocycles. The van der Waals surface area contributed by atoms with E-state index in [2.05, 4.69) is 20.8 Å². The summed E-state index contributed by atoms with van der Waals surface area (Å²) in [6.45, 7) is 8.52. The largest absolute Gasteiger partial charge is 0.469 e. The lowest BCUT2D eigenvalue weighted by atomic mass is 9.42. The van der Waals surface area contributed by atoms with Gasteiger partial charge in [-0.15, -0.1) is 0 Å². The van der Waals surface area contributed by atoms with E-state index in [0.29, 0.717) is 68.5 Å². The monoisotopic (exact) mass is 606 g/mol. The number of hydrogen-bond donors (Lipinski definition) is 2. The van der Waals surface area contributed by atoms with Crippen LogP contribution in [0.1, 0.15) is 124 Å². The first-order chi connectivity index (χ1) is 20.5. The minimum Gasteiger partial charge on any atom is -0.469 e. The summed E-state index contributed by atoms with van der Waals surface area (Å²) in [4.78, 5) is 11.9. The van der Waals surface area contributed by atoms with E-state index in [1.807, 2.05) is 0 Å². The van der Waals surface area contributed by atoms with Crippen molar-refractivity contribution in [1.29, 1.82) is 0 Å². The molecule has 6 fully saturated rings. The third-order valence-corrected chi connectivity index (χ3v) is 13.5. The van der Waals surface area contributed by atoms with Crippen molar-refractivity contribution >= 4 is 5.97 Å². The number of ether oxygens (including phenoxy) is 5. The minimum atomic E-state index is -1.39. The molecular formula is C35H58O8. The van der Waals surface area contributed by atoms with Gasteiger partial charge in [-0.25, -0.2) is 0 Å². The summed E-state index contributed by atoms with van der Waals surface area (Å²) in [7, 11) is 1.47. The van der Waals surface area contributed by atoms with E-state index >= 15 is 0 Å². The van der Waals surface area contributed by atoms with E-state index in [9.17, 15) is 15.0 Å². The maximum Gasteiger partial charge on any atom is 0.305 e. The van der Waals surface area contributed by atoms with Gasteiger partial charge in [0, 0.05) is 44.8 Å². The minimum absolute atomic E-state index is 0.120. The number of carbonyl (C=O) groups is 1. The molecule has 0 amide bonds. The Morgan fingerprint density at radius 1 is 0.837 bits per heavy atom. The molecular weight excluding hydrogens is 548 g/mol. The second-order valence-electron chi connectivity index (χ2n) is 15.8. The lowest BCUT2D eigenvalue weighted by molar-refractivity contribution is -0.394. The quantitative estimate of drug-likeness (QED) is 0.188. The Hall–Kier alpha value is -0.770. The van der Waals surface area contributed by atoms with Crippen LogP contribution >= 0.6 is 0 Å². The zero-order valence-electron chi connectivity index (χ0n) is 27.2. The van der Waals surface area contributed by atoms with Gasteiger partial charge in [0.2, 0.25) is 0 Å². The second-order valence-corrected chi connectivity index (χ2v) is 15.8. The Labute approximate surface area is 258 Å². The second kappa shape index (κ2) is 12.4. The van der Waals surface area contributed by atoms with Crippen LogP contribution in [0.15, 0.2) is 0 Å². The molecule has 43 heavy (non-hydrogen) atoms. The molecule has 6 rings (SSSR count). The molecule has 246 valence electrons. The first-order valence-electron chi connectivity index (χ1n) is 17.6. The summed E-state index contributed by atoms with van der Waals surface area (Å²) < 4.78 is 29.9. The van der Waals surface area contributed by atoms with Gasteiger partial charge in [0.15, 0.2) is 24.2 Å². The average molecular weight is 607 g/mol. The molecule has 2 saturated heterocycles. The van der Waals surface area contributed by atoms with Crippen LogP contribution in [0.3, 0.4) is 0 Å². The van der Waals surface area contributed by atoms with Crippen LogP contribution in [0, 0.1) is 46.3 Å². The molecule has 2 N–H and O–H groups in total. The van der Waals surface area contributed by atoms with Crippen molar-refractivity contribution in [3.05, 3.63) is 0 Å². The summed E-state index contributed by atoms with van der Waals surface area (Å²) in [6, 6.07) is 0. The number of hydrogen-bond acceptors (Lipinski definition) is 8. The molecule has 3 unspecified atom stereocenters. The van der Waals surface area contributed by atoms with Gasteiger partial charge in [-0.2, -0.15) is 0 Å². The average Bonchev–Trinajstić information content (AvgIpc) is 3.35. The highest BCUT2D eigenvalue weighted by atomic mass is 16.7.